The van der Waals surface area contributed by atoms with Crippen molar-refractivity contribution in [2.24, 2.45) is 5.73 Å². The molecule has 3 N–H and O–H groups in total. The Balaban J connectivity index is 3.75. The van der Waals surface area contributed by atoms with Crippen molar-refractivity contribution in [3.05, 3.63) is 6.42 Å². The lowest BCUT2D eigenvalue weighted by Crippen LogP contribution is -2.45. The largest absolute Gasteiger partial charge is 0.480 e. The zero-order valence-electron chi connectivity index (χ0n) is 6.42. The Morgan fingerprint density at radius 2 is 2.30 bits per heavy atom. The molecule has 0 heterocycles. The summed E-state index contributed by atoms with van der Waals surface area (Å²) in [6, 6.07) is 0. The number of carboxylic acids is 1. The van der Waals surface area contributed by atoms with Crippen LogP contribution in [-0.4, -0.2) is 16.6 Å². The summed E-state index contributed by atoms with van der Waals surface area (Å²) in [5.74, 6) is -0.971. The molecule has 0 saturated heterocycles. The second-order valence-corrected chi connectivity index (χ2v) is 2.58. The van der Waals surface area contributed by atoms with Crippen molar-refractivity contribution in [3.8, 4) is 0 Å². The van der Waals surface area contributed by atoms with Crippen LogP contribution in [0.4, 0.5) is 0 Å². The van der Waals surface area contributed by atoms with Gasteiger partial charge in [0, 0.05) is 0 Å². The van der Waals surface area contributed by atoms with Crippen LogP contribution in [0.15, 0.2) is 0 Å². The van der Waals surface area contributed by atoms with E-state index >= 15 is 0 Å². The molecule has 0 rings (SSSR count). The van der Waals surface area contributed by atoms with Gasteiger partial charge in [-0.1, -0.05) is 13.3 Å². The Kier molecular flexibility index (Phi) is 3.36. The average Bonchev–Trinajstić information content (AvgIpc) is 1.84. The van der Waals surface area contributed by atoms with E-state index in [0.717, 1.165) is 12.8 Å². The van der Waals surface area contributed by atoms with E-state index in [1.54, 1.807) is 6.42 Å². The fourth-order valence-electron chi connectivity index (χ4n) is 0.531. The Bertz CT molecular complexity index is 121. The van der Waals surface area contributed by atoms with E-state index in [2.05, 4.69) is 0 Å². The van der Waals surface area contributed by atoms with Crippen LogP contribution in [0.1, 0.15) is 26.7 Å². The van der Waals surface area contributed by atoms with Gasteiger partial charge in [0.25, 0.3) is 0 Å². The van der Waals surface area contributed by atoms with Gasteiger partial charge in [0.05, 0.1) is 0 Å². The molecule has 10 heavy (non-hydrogen) atoms. The first-order valence-corrected chi connectivity index (χ1v) is 3.37. The highest BCUT2D eigenvalue weighted by atomic mass is 16.4. The lowest BCUT2D eigenvalue weighted by atomic mass is 9.97. The zero-order chi connectivity index (χ0) is 8.20. The van der Waals surface area contributed by atoms with Crippen LogP contribution in [-0.2, 0) is 4.79 Å². The van der Waals surface area contributed by atoms with Gasteiger partial charge in [0.15, 0.2) is 0 Å². The van der Waals surface area contributed by atoms with Gasteiger partial charge in [-0.05, 0) is 19.8 Å². The molecule has 0 saturated carbocycles. The van der Waals surface area contributed by atoms with Gasteiger partial charge in [-0.15, -0.1) is 0 Å². The van der Waals surface area contributed by atoms with Gasteiger partial charge >= 0.3 is 5.97 Å². The van der Waals surface area contributed by atoms with E-state index in [-0.39, 0.29) is 0 Å². The minimum atomic E-state index is -1.16. The zero-order valence-corrected chi connectivity index (χ0v) is 6.42. The second-order valence-electron chi connectivity index (χ2n) is 2.58. The van der Waals surface area contributed by atoms with Crippen molar-refractivity contribution in [3.63, 3.8) is 0 Å². The third-order valence-corrected chi connectivity index (χ3v) is 1.32. The number of hydrogen-bond donors (Lipinski definition) is 2. The van der Waals surface area contributed by atoms with Crippen LogP contribution < -0.4 is 5.73 Å². The fourth-order valence-corrected chi connectivity index (χ4v) is 0.531. The van der Waals surface area contributed by atoms with Crippen molar-refractivity contribution >= 4 is 5.97 Å². The van der Waals surface area contributed by atoms with Crippen LogP contribution in [0, 0.1) is 6.42 Å². The van der Waals surface area contributed by atoms with Crippen LogP contribution in [0.25, 0.3) is 0 Å². The molecule has 0 aliphatic carbocycles. The molecule has 0 aromatic carbocycles. The maximum absolute atomic E-state index is 10.4. The topological polar surface area (TPSA) is 63.3 Å². The molecule has 1 radical (unpaired) electrons. The van der Waals surface area contributed by atoms with E-state index in [9.17, 15) is 4.79 Å². The second kappa shape index (κ2) is 3.56. The van der Waals surface area contributed by atoms with Crippen molar-refractivity contribution in [2.45, 2.75) is 32.2 Å². The summed E-state index contributed by atoms with van der Waals surface area (Å²) in [5, 5.41) is 8.51. The molecular weight excluding hydrogens is 130 g/mol. The monoisotopic (exact) mass is 144 g/mol. The Morgan fingerprint density at radius 1 is 1.80 bits per heavy atom. The maximum atomic E-state index is 10.4. The number of aliphatic carboxylic acids is 1. The number of carboxylic acid groups (broad SMARTS) is 1. The van der Waals surface area contributed by atoms with E-state index < -0.39 is 11.5 Å². The molecule has 0 aromatic rings. The average molecular weight is 144 g/mol. The Labute approximate surface area is 61.2 Å². The highest BCUT2D eigenvalue weighted by Crippen LogP contribution is 2.08. The van der Waals surface area contributed by atoms with Crippen molar-refractivity contribution in [2.75, 3.05) is 0 Å². The van der Waals surface area contributed by atoms with E-state index in [0.29, 0.717) is 0 Å². The van der Waals surface area contributed by atoms with E-state index in [1.807, 2.05) is 6.92 Å². The van der Waals surface area contributed by atoms with E-state index in [4.69, 9.17) is 10.8 Å². The molecule has 1 unspecified atom stereocenters. The summed E-state index contributed by atoms with van der Waals surface area (Å²) in [7, 11) is 0. The first-order valence-electron chi connectivity index (χ1n) is 3.37. The van der Waals surface area contributed by atoms with Crippen molar-refractivity contribution in [1.29, 1.82) is 0 Å². The van der Waals surface area contributed by atoms with Crippen LogP contribution in [0.5, 0.6) is 0 Å². The van der Waals surface area contributed by atoms with Gasteiger partial charge in [0.1, 0.15) is 5.54 Å². The molecule has 0 amide bonds. The predicted molar refractivity (Wildman–Crippen MR) is 39.4 cm³/mol. The van der Waals surface area contributed by atoms with Crippen LogP contribution >= 0.6 is 0 Å². The van der Waals surface area contributed by atoms with Gasteiger partial charge in [-0.2, -0.15) is 0 Å². The number of hydrogen-bond acceptors (Lipinski definition) is 2. The highest BCUT2D eigenvalue weighted by molar-refractivity contribution is 5.79. The SMILES string of the molecule is CCC[CH]C(C)(N)C(=O)O. The van der Waals surface area contributed by atoms with Crippen LogP contribution in [0.2, 0.25) is 0 Å². The summed E-state index contributed by atoms with van der Waals surface area (Å²) in [6.45, 7) is 3.47. The first-order chi connectivity index (χ1) is 4.50. The van der Waals surface area contributed by atoms with Crippen molar-refractivity contribution in [1.82, 2.24) is 0 Å². The van der Waals surface area contributed by atoms with Gasteiger partial charge in [-0.3, -0.25) is 4.79 Å². The molecule has 3 heteroatoms. The summed E-state index contributed by atoms with van der Waals surface area (Å²) in [4.78, 5) is 10.4. The lowest BCUT2D eigenvalue weighted by molar-refractivity contribution is -0.141. The maximum Gasteiger partial charge on any atom is 0.323 e. The molecule has 0 aromatic heterocycles. The minimum Gasteiger partial charge on any atom is -0.480 e. The van der Waals surface area contributed by atoms with Gasteiger partial charge in [0.2, 0.25) is 0 Å². The van der Waals surface area contributed by atoms with Crippen LogP contribution in [0.3, 0.4) is 0 Å². The summed E-state index contributed by atoms with van der Waals surface area (Å²) in [5.41, 5.74) is 4.23. The molecule has 0 spiro atoms. The Morgan fingerprint density at radius 3 is 2.60 bits per heavy atom. The summed E-state index contributed by atoms with van der Waals surface area (Å²) < 4.78 is 0. The lowest BCUT2D eigenvalue weighted by Gasteiger charge is -2.17. The number of unbranched alkanes of at least 4 members (excludes halogenated alkanes) is 1. The fraction of sp³-hybridized carbons (Fsp3) is 0.714. The van der Waals surface area contributed by atoms with Crippen molar-refractivity contribution < 1.29 is 9.90 Å². The first kappa shape index (κ1) is 9.43. The normalized spacial score (nSPS) is 16.3. The Hall–Kier alpha value is -0.570. The smallest absolute Gasteiger partial charge is 0.323 e. The number of rotatable bonds is 4. The quantitative estimate of drug-likeness (QED) is 0.613. The third kappa shape index (κ3) is 2.82. The number of carbonyl (C=O) groups is 1. The molecule has 0 aliphatic rings. The minimum absolute atomic E-state index is 0.749. The molecule has 0 fully saturated rings. The van der Waals surface area contributed by atoms with Gasteiger partial charge in [-0.25, -0.2) is 0 Å². The molecule has 59 valence electrons. The highest BCUT2D eigenvalue weighted by Gasteiger charge is 2.26. The summed E-state index contributed by atoms with van der Waals surface area (Å²) in [6.07, 6.45) is 3.30. The molecule has 3 nitrogen and oxygen atoms in total. The molecule has 1 atom stereocenters. The number of nitrogens with two attached hydrogens (primary N) is 1. The molecular formula is C7H14NO2. The third-order valence-electron chi connectivity index (χ3n) is 1.32. The molecule has 0 aliphatic heterocycles. The summed E-state index contributed by atoms with van der Waals surface area (Å²) >= 11 is 0. The predicted octanol–water partition coefficient (Wildman–Crippen LogP) is 0.793. The van der Waals surface area contributed by atoms with Gasteiger partial charge < -0.3 is 10.8 Å². The van der Waals surface area contributed by atoms with E-state index in [1.165, 1.54) is 6.92 Å². The molecule has 0 bridgehead atoms. The standard InChI is InChI=1S/C7H14NO2/c1-3-4-5-7(2,8)6(9)10/h5H,3-4,8H2,1-2H3,(H,9,10).